The molecule has 0 aliphatic carbocycles. The molecule has 2 rings (SSSR count). The summed E-state index contributed by atoms with van der Waals surface area (Å²) in [5, 5.41) is 3.37. The molecule has 2 nitrogen and oxygen atoms in total. The van der Waals surface area contributed by atoms with Crippen molar-refractivity contribution in [3.8, 4) is 5.75 Å². The molecule has 0 spiro atoms. The summed E-state index contributed by atoms with van der Waals surface area (Å²) in [5.74, 6) is 0.939. The van der Waals surface area contributed by atoms with Crippen molar-refractivity contribution >= 4 is 0 Å². The quantitative estimate of drug-likeness (QED) is 0.740. The Balaban J connectivity index is 1.95. The minimum absolute atomic E-state index is 0.633. The maximum atomic E-state index is 5.92. The second-order valence-electron chi connectivity index (χ2n) is 5.16. The van der Waals surface area contributed by atoms with Crippen molar-refractivity contribution < 1.29 is 4.74 Å². The summed E-state index contributed by atoms with van der Waals surface area (Å²) in [5.41, 5.74) is 3.98. The largest absolute Gasteiger partial charge is 0.489 e. The van der Waals surface area contributed by atoms with Crippen molar-refractivity contribution in [3.05, 3.63) is 65.2 Å². The number of hydrogen-bond acceptors (Lipinski definition) is 2. The highest BCUT2D eigenvalue weighted by Gasteiger charge is 2.03. The van der Waals surface area contributed by atoms with Gasteiger partial charge in [0.1, 0.15) is 12.4 Å². The van der Waals surface area contributed by atoms with Gasteiger partial charge in [0.05, 0.1) is 0 Å². The van der Waals surface area contributed by atoms with Crippen LogP contribution in [0.25, 0.3) is 0 Å². The summed E-state index contributed by atoms with van der Waals surface area (Å²) in [7, 11) is 0. The summed E-state index contributed by atoms with van der Waals surface area (Å²) in [6, 6.07) is 16.9. The van der Waals surface area contributed by atoms with Crippen LogP contribution in [-0.2, 0) is 19.4 Å². The van der Waals surface area contributed by atoms with Crippen molar-refractivity contribution in [2.75, 3.05) is 13.1 Å². The third-order valence-electron chi connectivity index (χ3n) is 3.67. The minimum atomic E-state index is 0.633. The monoisotopic (exact) mass is 283 g/mol. The van der Waals surface area contributed by atoms with Gasteiger partial charge >= 0.3 is 0 Å². The van der Waals surface area contributed by atoms with Gasteiger partial charge in [-0.25, -0.2) is 0 Å². The predicted octanol–water partition coefficient (Wildman–Crippen LogP) is 3.98. The van der Waals surface area contributed by atoms with E-state index in [1.807, 2.05) is 0 Å². The molecular weight excluding hydrogens is 258 g/mol. The van der Waals surface area contributed by atoms with E-state index in [9.17, 15) is 0 Å². The molecule has 0 amide bonds. The summed E-state index contributed by atoms with van der Waals surface area (Å²) < 4.78 is 5.92. The Morgan fingerprint density at radius 1 is 0.905 bits per heavy atom. The predicted molar refractivity (Wildman–Crippen MR) is 88.8 cm³/mol. The van der Waals surface area contributed by atoms with E-state index in [2.05, 4.69) is 67.7 Å². The highest BCUT2D eigenvalue weighted by Crippen LogP contribution is 2.16. The summed E-state index contributed by atoms with van der Waals surface area (Å²) in [4.78, 5) is 0. The van der Waals surface area contributed by atoms with Gasteiger partial charge in [-0.2, -0.15) is 0 Å². The van der Waals surface area contributed by atoms with Gasteiger partial charge in [-0.05, 0) is 54.8 Å². The fourth-order valence-corrected chi connectivity index (χ4v) is 2.32. The van der Waals surface area contributed by atoms with Crippen LogP contribution in [0.1, 0.15) is 30.5 Å². The van der Waals surface area contributed by atoms with Crippen LogP contribution < -0.4 is 10.1 Å². The van der Waals surface area contributed by atoms with E-state index in [-0.39, 0.29) is 0 Å². The lowest BCUT2D eigenvalue weighted by Gasteiger charge is -2.11. The number of aryl methyl sites for hydroxylation is 1. The van der Waals surface area contributed by atoms with Crippen LogP contribution in [0.3, 0.4) is 0 Å². The topological polar surface area (TPSA) is 21.3 Å². The van der Waals surface area contributed by atoms with E-state index < -0.39 is 0 Å². The molecule has 0 fully saturated rings. The van der Waals surface area contributed by atoms with Gasteiger partial charge in [0.15, 0.2) is 0 Å². The van der Waals surface area contributed by atoms with Crippen molar-refractivity contribution in [2.24, 2.45) is 0 Å². The van der Waals surface area contributed by atoms with Crippen LogP contribution >= 0.6 is 0 Å². The van der Waals surface area contributed by atoms with E-state index >= 15 is 0 Å². The van der Waals surface area contributed by atoms with Gasteiger partial charge < -0.3 is 10.1 Å². The van der Waals surface area contributed by atoms with Gasteiger partial charge in [-0.3, -0.25) is 0 Å². The first-order chi connectivity index (χ1) is 10.3. The second kappa shape index (κ2) is 8.48. The zero-order valence-electron chi connectivity index (χ0n) is 13.1. The van der Waals surface area contributed by atoms with Gasteiger partial charge in [-0.15, -0.1) is 0 Å². The average molecular weight is 283 g/mol. The van der Waals surface area contributed by atoms with Gasteiger partial charge in [0.25, 0.3) is 0 Å². The van der Waals surface area contributed by atoms with Gasteiger partial charge in [-0.1, -0.05) is 50.2 Å². The van der Waals surface area contributed by atoms with Crippen LogP contribution in [0.4, 0.5) is 0 Å². The molecule has 0 aromatic heterocycles. The number of benzene rings is 2. The average Bonchev–Trinajstić information content (AvgIpc) is 2.54. The molecule has 1 N–H and O–H groups in total. The fraction of sp³-hybridized carbons (Fsp3) is 0.368. The second-order valence-corrected chi connectivity index (χ2v) is 5.16. The summed E-state index contributed by atoms with van der Waals surface area (Å²) >= 11 is 0. The molecule has 0 aliphatic heterocycles. The summed E-state index contributed by atoms with van der Waals surface area (Å²) in [6.45, 7) is 6.96. The van der Waals surface area contributed by atoms with E-state index in [0.29, 0.717) is 6.61 Å². The Labute approximate surface area is 128 Å². The molecule has 2 aromatic carbocycles. The first-order valence-electron chi connectivity index (χ1n) is 7.82. The highest BCUT2D eigenvalue weighted by atomic mass is 16.5. The van der Waals surface area contributed by atoms with Crippen molar-refractivity contribution in [1.82, 2.24) is 5.32 Å². The third-order valence-corrected chi connectivity index (χ3v) is 3.67. The molecule has 0 heterocycles. The number of ether oxygens (including phenoxy) is 1. The fourth-order valence-electron chi connectivity index (χ4n) is 2.32. The summed E-state index contributed by atoms with van der Waals surface area (Å²) in [6.07, 6.45) is 2.11. The van der Waals surface area contributed by atoms with Gasteiger partial charge in [0, 0.05) is 0 Å². The molecule has 0 atom stereocenters. The first kappa shape index (κ1) is 15.6. The van der Waals surface area contributed by atoms with Crippen LogP contribution in [0.2, 0.25) is 0 Å². The standard InChI is InChI=1S/C19H25NO/c1-3-16-9-11-19(12-10-16)21-15-18-8-6-5-7-17(18)13-14-20-4-2/h5-12,20H,3-4,13-15H2,1-2H3. The lowest BCUT2D eigenvalue weighted by Crippen LogP contribution is -2.17. The normalized spacial score (nSPS) is 10.6. The molecule has 21 heavy (non-hydrogen) atoms. The van der Waals surface area contributed by atoms with E-state index in [1.54, 1.807) is 0 Å². The van der Waals surface area contributed by atoms with E-state index in [4.69, 9.17) is 4.74 Å². The SMILES string of the molecule is CCNCCc1ccccc1COc1ccc(CC)cc1. The van der Waals surface area contributed by atoms with E-state index in [1.165, 1.54) is 16.7 Å². The van der Waals surface area contributed by atoms with Crippen molar-refractivity contribution in [3.63, 3.8) is 0 Å². The van der Waals surface area contributed by atoms with Gasteiger partial charge in [0.2, 0.25) is 0 Å². The molecule has 0 bridgehead atoms. The molecule has 2 heteroatoms. The molecule has 0 saturated carbocycles. The highest BCUT2D eigenvalue weighted by molar-refractivity contribution is 5.30. The van der Waals surface area contributed by atoms with Crippen molar-refractivity contribution in [2.45, 2.75) is 33.3 Å². The zero-order chi connectivity index (χ0) is 14.9. The maximum absolute atomic E-state index is 5.92. The Hall–Kier alpha value is -1.80. The Morgan fingerprint density at radius 2 is 1.62 bits per heavy atom. The third kappa shape index (κ3) is 4.91. The Morgan fingerprint density at radius 3 is 2.29 bits per heavy atom. The van der Waals surface area contributed by atoms with Crippen molar-refractivity contribution in [1.29, 1.82) is 0 Å². The maximum Gasteiger partial charge on any atom is 0.119 e. The molecule has 112 valence electrons. The lowest BCUT2D eigenvalue weighted by molar-refractivity contribution is 0.305. The van der Waals surface area contributed by atoms with Crippen LogP contribution in [0, 0.1) is 0 Å². The Bertz CT molecular complexity index is 534. The van der Waals surface area contributed by atoms with Crippen LogP contribution in [-0.4, -0.2) is 13.1 Å². The first-order valence-corrected chi connectivity index (χ1v) is 7.82. The van der Waals surface area contributed by atoms with Crippen LogP contribution in [0.5, 0.6) is 5.75 Å². The Kier molecular flexibility index (Phi) is 6.29. The van der Waals surface area contributed by atoms with E-state index in [0.717, 1.165) is 31.7 Å². The smallest absolute Gasteiger partial charge is 0.119 e. The van der Waals surface area contributed by atoms with Crippen LogP contribution in [0.15, 0.2) is 48.5 Å². The molecule has 0 unspecified atom stereocenters. The number of nitrogens with one attached hydrogen (secondary N) is 1. The number of likely N-dealkylation sites (N-methyl/N-ethyl adjacent to an activating group) is 1. The molecular formula is C19H25NO. The molecule has 0 saturated heterocycles. The minimum Gasteiger partial charge on any atom is -0.489 e. The zero-order valence-corrected chi connectivity index (χ0v) is 13.1. The molecule has 2 aromatic rings. The lowest BCUT2D eigenvalue weighted by atomic mass is 10.1. The number of rotatable bonds is 8. The number of hydrogen-bond donors (Lipinski definition) is 1. The molecule has 0 aliphatic rings. The molecule has 0 radical (unpaired) electrons.